The van der Waals surface area contributed by atoms with Crippen LogP contribution in [0.25, 0.3) is 0 Å². The molecule has 1 heterocycles. The standard InChI is InChI=1S/C16H20N4O2/c1-4-20(5-2)13-8-6-12(7-9-13)19-16(21)14-10-15(22-3)18-11-17-14/h6-11H,4-5H2,1-3H3,(H,19,21). The van der Waals surface area contributed by atoms with Crippen molar-refractivity contribution in [2.75, 3.05) is 30.4 Å². The number of nitrogens with zero attached hydrogens (tertiary/aromatic N) is 3. The van der Waals surface area contributed by atoms with Gasteiger partial charge in [-0.1, -0.05) is 0 Å². The van der Waals surface area contributed by atoms with Gasteiger partial charge in [-0.15, -0.1) is 0 Å². The highest BCUT2D eigenvalue weighted by Gasteiger charge is 2.10. The van der Waals surface area contributed by atoms with Crippen molar-refractivity contribution in [2.24, 2.45) is 0 Å². The van der Waals surface area contributed by atoms with Gasteiger partial charge in [0.25, 0.3) is 5.91 Å². The molecule has 0 aliphatic rings. The third kappa shape index (κ3) is 3.72. The number of rotatable bonds is 6. The zero-order valence-corrected chi connectivity index (χ0v) is 13.0. The number of carbonyl (C=O) groups excluding carboxylic acids is 1. The summed E-state index contributed by atoms with van der Waals surface area (Å²) in [4.78, 5) is 22.2. The molecule has 0 spiro atoms. The number of benzene rings is 1. The third-order valence-corrected chi connectivity index (χ3v) is 3.34. The molecule has 0 saturated heterocycles. The number of nitrogens with one attached hydrogen (secondary N) is 1. The first kappa shape index (κ1) is 15.8. The van der Waals surface area contributed by atoms with Gasteiger partial charge in [-0.05, 0) is 38.1 Å². The number of aromatic nitrogens is 2. The highest BCUT2D eigenvalue weighted by Crippen LogP contribution is 2.18. The number of anilines is 2. The molecule has 2 rings (SSSR count). The smallest absolute Gasteiger partial charge is 0.274 e. The molecule has 0 aliphatic carbocycles. The zero-order chi connectivity index (χ0) is 15.9. The summed E-state index contributed by atoms with van der Waals surface area (Å²) in [6, 6.07) is 9.24. The average Bonchev–Trinajstić information content (AvgIpc) is 2.57. The molecule has 1 N–H and O–H groups in total. The molecule has 1 aromatic heterocycles. The van der Waals surface area contributed by atoms with E-state index in [0.29, 0.717) is 5.88 Å². The monoisotopic (exact) mass is 300 g/mol. The van der Waals surface area contributed by atoms with Gasteiger partial charge in [0.15, 0.2) is 0 Å². The van der Waals surface area contributed by atoms with Crippen LogP contribution in [-0.4, -0.2) is 36.1 Å². The van der Waals surface area contributed by atoms with Crippen molar-refractivity contribution in [2.45, 2.75) is 13.8 Å². The first-order valence-electron chi connectivity index (χ1n) is 7.20. The molecule has 0 saturated carbocycles. The maximum atomic E-state index is 12.1. The largest absolute Gasteiger partial charge is 0.481 e. The number of ether oxygens (including phenoxy) is 1. The summed E-state index contributed by atoms with van der Waals surface area (Å²) in [5, 5.41) is 2.81. The summed E-state index contributed by atoms with van der Waals surface area (Å²) in [7, 11) is 1.50. The van der Waals surface area contributed by atoms with E-state index >= 15 is 0 Å². The summed E-state index contributed by atoms with van der Waals surface area (Å²) in [5.41, 5.74) is 2.12. The van der Waals surface area contributed by atoms with Gasteiger partial charge in [-0.3, -0.25) is 4.79 Å². The lowest BCUT2D eigenvalue weighted by atomic mass is 10.2. The fraction of sp³-hybridized carbons (Fsp3) is 0.312. The van der Waals surface area contributed by atoms with Gasteiger partial charge in [-0.2, -0.15) is 0 Å². The molecule has 0 unspecified atom stereocenters. The van der Waals surface area contributed by atoms with E-state index in [9.17, 15) is 4.79 Å². The molecule has 0 atom stereocenters. The normalized spacial score (nSPS) is 10.1. The van der Waals surface area contributed by atoms with Crippen molar-refractivity contribution in [3.63, 3.8) is 0 Å². The first-order chi connectivity index (χ1) is 10.7. The van der Waals surface area contributed by atoms with Gasteiger partial charge in [0.2, 0.25) is 5.88 Å². The van der Waals surface area contributed by atoms with Crippen molar-refractivity contribution in [1.82, 2.24) is 9.97 Å². The molecular formula is C16H20N4O2. The number of hydrogen-bond acceptors (Lipinski definition) is 5. The SMILES string of the molecule is CCN(CC)c1ccc(NC(=O)c2cc(OC)ncn2)cc1. The van der Waals surface area contributed by atoms with Crippen LogP contribution < -0.4 is 15.0 Å². The van der Waals surface area contributed by atoms with Crippen LogP contribution in [0.3, 0.4) is 0 Å². The highest BCUT2D eigenvalue weighted by atomic mass is 16.5. The number of hydrogen-bond donors (Lipinski definition) is 1. The minimum atomic E-state index is -0.295. The summed E-state index contributed by atoms with van der Waals surface area (Å²) >= 11 is 0. The molecule has 22 heavy (non-hydrogen) atoms. The predicted octanol–water partition coefficient (Wildman–Crippen LogP) is 2.58. The molecule has 0 bridgehead atoms. The van der Waals surface area contributed by atoms with Gasteiger partial charge in [0, 0.05) is 30.5 Å². The fourth-order valence-electron chi connectivity index (χ4n) is 2.11. The van der Waals surface area contributed by atoms with Crippen LogP contribution in [0.15, 0.2) is 36.7 Å². The van der Waals surface area contributed by atoms with Crippen molar-refractivity contribution >= 4 is 17.3 Å². The molecule has 1 amide bonds. The van der Waals surface area contributed by atoms with Crippen LogP contribution in [0.2, 0.25) is 0 Å². The Labute approximate surface area is 130 Å². The van der Waals surface area contributed by atoms with Gasteiger partial charge >= 0.3 is 0 Å². The Morgan fingerprint density at radius 3 is 2.45 bits per heavy atom. The summed E-state index contributed by atoms with van der Waals surface area (Å²) in [6.45, 7) is 6.12. The molecule has 0 aliphatic heterocycles. The number of amides is 1. The molecule has 0 radical (unpaired) electrons. The first-order valence-corrected chi connectivity index (χ1v) is 7.20. The van der Waals surface area contributed by atoms with E-state index in [1.54, 1.807) is 0 Å². The van der Waals surface area contributed by atoms with Crippen molar-refractivity contribution in [1.29, 1.82) is 0 Å². The van der Waals surface area contributed by atoms with Crippen molar-refractivity contribution in [3.8, 4) is 5.88 Å². The second kappa shape index (κ2) is 7.40. The minimum Gasteiger partial charge on any atom is -0.481 e. The van der Waals surface area contributed by atoms with Crippen LogP contribution >= 0.6 is 0 Å². The van der Waals surface area contributed by atoms with Crippen LogP contribution in [0.4, 0.5) is 11.4 Å². The second-order valence-electron chi connectivity index (χ2n) is 4.62. The van der Waals surface area contributed by atoms with E-state index in [4.69, 9.17) is 4.74 Å². The third-order valence-electron chi connectivity index (χ3n) is 3.34. The highest BCUT2D eigenvalue weighted by molar-refractivity contribution is 6.03. The number of methoxy groups -OCH3 is 1. The van der Waals surface area contributed by atoms with E-state index in [0.717, 1.165) is 24.5 Å². The van der Waals surface area contributed by atoms with E-state index in [1.165, 1.54) is 19.5 Å². The van der Waals surface area contributed by atoms with E-state index in [2.05, 4.69) is 34.0 Å². The van der Waals surface area contributed by atoms with Crippen molar-refractivity contribution in [3.05, 3.63) is 42.4 Å². The number of carbonyl (C=O) groups is 1. The molecule has 6 nitrogen and oxygen atoms in total. The molecule has 0 fully saturated rings. The Hall–Kier alpha value is -2.63. The maximum absolute atomic E-state index is 12.1. The van der Waals surface area contributed by atoms with Gasteiger partial charge in [0.1, 0.15) is 12.0 Å². The molecule has 1 aromatic carbocycles. The molecule has 116 valence electrons. The Morgan fingerprint density at radius 2 is 1.86 bits per heavy atom. The summed E-state index contributed by atoms with van der Waals surface area (Å²) in [6.07, 6.45) is 1.30. The Kier molecular flexibility index (Phi) is 5.30. The molecule has 2 aromatic rings. The summed E-state index contributed by atoms with van der Waals surface area (Å²) in [5.74, 6) is 0.0633. The van der Waals surface area contributed by atoms with E-state index < -0.39 is 0 Å². The predicted molar refractivity (Wildman–Crippen MR) is 86.5 cm³/mol. The molecule has 6 heteroatoms. The Morgan fingerprint density at radius 1 is 1.18 bits per heavy atom. The van der Waals surface area contributed by atoms with Crippen LogP contribution in [0, 0.1) is 0 Å². The van der Waals surface area contributed by atoms with Gasteiger partial charge < -0.3 is 15.0 Å². The Bertz CT molecular complexity index is 624. The minimum absolute atomic E-state index is 0.264. The van der Waals surface area contributed by atoms with Crippen molar-refractivity contribution < 1.29 is 9.53 Å². The quantitative estimate of drug-likeness (QED) is 0.888. The lowest BCUT2D eigenvalue weighted by Crippen LogP contribution is -2.21. The average molecular weight is 300 g/mol. The Balaban J connectivity index is 2.08. The van der Waals surface area contributed by atoms with Gasteiger partial charge in [0.05, 0.1) is 7.11 Å². The second-order valence-corrected chi connectivity index (χ2v) is 4.62. The lowest BCUT2D eigenvalue weighted by molar-refractivity contribution is 0.102. The maximum Gasteiger partial charge on any atom is 0.274 e. The van der Waals surface area contributed by atoms with Crippen LogP contribution in [0.5, 0.6) is 5.88 Å². The van der Waals surface area contributed by atoms with E-state index in [-0.39, 0.29) is 11.6 Å². The van der Waals surface area contributed by atoms with Crippen LogP contribution in [0.1, 0.15) is 24.3 Å². The van der Waals surface area contributed by atoms with Gasteiger partial charge in [-0.25, -0.2) is 9.97 Å². The van der Waals surface area contributed by atoms with E-state index in [1.807, 2.05) is 24.3 Å². The summed E-state index contributed by atoms with van der Waals surface area (Å²) < 4.78 is 4.99. The zero-order valence-electron chi connectivity index (χ0n) is 13.0. The topological polar surface area (TPSA) is 67.4 Å². The molecular weight excluding hydrogens is 280 g/mol. The van der Waals surface area contributed by atoms with Crippen LogP contribution in [-0.2, 0) is 0 Å². The lowest BCUT2D eigenvalue weighted by Gasteiger charge is -2.21. The fourth-order valence-corrected chi connectivity index (χ4v) is 2.11.